The summed E-state index contributed by atoms with van der Waals surface area (Å²) in [7, 11) is 0. The van der Waals surface area contributed by atoms with E-state index in [0.29, 0.717) is 26.4 Å². The highest BCUT2D eigenvalue weighted by atomic mass is 16.6. The lowest BCUT2D eigenvalue weighted by molar-refractivity contribution is -0.149. The average molecular weight is 405 g/mol. The minimum absolute atomic E-state index is 0.00632. The van der Waals surface area contributed by atoms with Gasteiger partial charge in [-0.2, -0.15) is 0 Å². The molecule has 7 nitrogen and oxygen atoms in total. The maximum absolute atomic E-state index is 12.7. The monoisotopic (exact) mass is 404 g/mol. The van der Waals surface area contributed by atoms with E-state index < -0.39 is 0 Å². The molecule has 1 atom stereocenters. The number of carbonyl (C=O) groups is 2. The Bertz CT molecular complexity index is 713. The van der Waals surface area contributed by atoms with Gasteiger partial charge in [-0.15, -0.1) is 0 Å². The molecule has 160 valence electrons. The molecule has 2 aliphatic heterocycles. The number of carbonyl (C=O) groups excluding carboxylic acids is 2. The number of piperidine rings is 1. The molecular formula is C22H32N2O5. The van der Waals surface area contributed by atoms with Crippen LogP contribution in [0.4, 0.5) is 0 Å². The van der Waals surface area contributed by atoms with Crippen LogP contribution in [-0.2, 0) is 14.3 Å². The van der Waals surface area contributed by atoms with E-state index in [1.807, 2.05) is 25.1 Å². The van der Waals surface area contributed by atoms with Crippen LogP contribution in [0, 0.1) is 11.8 Å². The van der Waals surface area contributed by atoms with Crippen LogP contribution in [0.1, 0.15) is 45.2 Å². The molecule has 0 radical (unpaired) electrons. The summed E-state index contributed by atoms with van der Waals surface area (Å²) in [6, 6.07) is 5.76. The van der Waals surface area contributed by atoms with Gasteiger partial charge in [-0.3, -0.25) is 14.5 Å². The predicted octanol–water partition coefficient (Wildman–Crippen LogP) is 2.55. The topological polar surface area (TPSA) is 77.1 Å². The molecule has 0 saturated carbocycles. The van der Waals surface area contributed by atoms with Crippen LogP contribution < -0.4 is 14.8 Å². The van der Waals surface area contributed by atoms with E-state index in [1.54, 1.807) is 0 Å². The lowest BCUT2D eigenvalue weighted by Gasteiger charge is -2.31. The Morgan fingerprint density at radius 3 is 2.52 bits per heavy atom. The standard InChI is InChI=1S/C22H32N2O5/c1-4-27-22(26)16-7-9-24(10-8-16)14-20(25)23-21(15(2)3)17-5-6-18-19(13-17)29-12-11-28-18/h5-6,13,15-16,21H,4,7-12,14H2,1-3H3,(H,23,25)/t21-/m0/s1. The van der Waals surface area contributed by atoms with Crippen LogP contribution in [0.25, 0.3) is 0 Å². The number of rotatable bonds is 7. The zero-order valence-electron chi connectivity index (χ0n) is 17.6. The van der Waals surface area contributed by atoms with Crippen molar-refractivity contribution in [3.63, 3.8) is 0 Å². The van der Waals surface area contributed by atoms with Crippen molar-refractivity contribution in [3.05, 3.63) is 23.8 Å². The number of nitrogens with one attached hydrogen (secondary N) is 1. The van der Waals surface area contributed by atoms with E-state index in [9.17, 15) is 9.59 Å². The summed E-state index contributed by atoms with van der Waals surface area (Å²) >= 11 is 0. The van der Waals surface area contributed by atoms with Gasteiger partial charge in [-0.05, 0) is 56.5 Å². The molecule has 2 heterocycles. The third-order valence-corrected chi connectivity index (χ3v) is 5.48. The molecule has 0 aliphatic carbocycles. The maximum atomic E-state index is 12.7. The van der Waals surface area contributed by atoms with Gasteiger partial charge in [0.25, 0.3) is 0 Å². The molecule has 1 amide bonds. The van der Waals surface area contributed by atoms with Gasteiger partial charge in [0.2, 0.25) is 5.91 Å². The first kappa shape index (κ1) is 21.4. The zero-order chi connectivity index (χ0) is 20.8. The number of benzene rings is 1. The molecule has 0 spiro atoms. The van der Waals surface area contributed by atoms with Crippen molar-refractivity contribution in [3.8, 4) is 11.5 Å². The van der Waals surface area contributed by atoms with Gasteiger partial charge in [0.15, 0.2) is 11.5 Å². The second-order valence-corrected chi connectivity index (χ2v) is 7.99. The van der Waals surface area contributed by atoms with E-state index in [2.05, 4.69) is 24.1 Å². The Labute approximate surface area is 172 Å². The summed E-state index contributed by atoms with van der Waals surface area (Å²) < 4.78 is 16.4. The quantitative estimate of drug-likeness (QED) is 0.704. The van der Waals surface area contributed by atoms with Gasteiger partial charge in [-0.1, -0.05) is 19.9 Å². The summed E-state index contributed by atoms with van der Waals surface area (Å²) in [4.78, 5) is 26.7. The highest BCUT2D eigenvalue weighted by molar-refractivity contribution is 5.78. The second kappa shape index (κ2) is 9.96. The summed E-state index contributed by atoms with van der Waals surface area (Å²) in [5.41, 5.74) is 1.01. The predicted molar refractivity (Wildman–Crippen MR) is 109 cm³/mol. The minimum Gasteiger partial charge on any atom is -0.486 e. The van der Waals surface area contributed by atoms with Crippen LogP contribution in [0.3, 0.4) is 0 Å². The van der Waals surface area contributed by atoms with E-state index in [-0.39, 0.29) is 29.8 Å². The third kappa shape index (κ3) is 5.63. The maximum Gasteiger partial charge on any atom is 0.309 e. The van der Waals surface area contributed by atoms with Crippen molar-refractivity contribution in [2.24, 2.45) is 11.8 Å². The van der Waals surface area contributed by atoms with Crippen molar-refractivity contribution in [2.45, 2.75) is 39.7 Å². The first-order valence-corrected chi connectivity index (χ1v) is 10.6. The first-order valence-electron chi connectivity index (χ1n) is 10.6. The highest BCUT2D eigenvalue weighted by Crippen LogP contribution is 2.34. The number of amides is 1. The number of esters is 1. The van der Waals surface area contributed by atoms with Gasteiger partial charge in [0, 0.05) is 0 Å². The van der Waals surface area contributed by atoms with Crippen LogP contribution in [0.15, 0.2) is 18.2 Å². The van der Waals surface area contributed by atoms with Crippen molar-refractivity contribution in [1.82, 2.24) is 10.2 Å². The van der Waals surface area contributed by atoms with Crippen LogP contribution in [0.2, 0.25) is 0 Å². The van der Waals surface area contributed by atoms with Gasteiger partial charge < -0.3 is 19.5 Å². The molecule has 2 aliphatic rings. The van der Waals surface area contributed by atoms with Crippen LogP contribution in [-0.4, -0.2) is 56.2 Å². The SMILES string of the molecule is CCOC(=O)C1CCN(CC(=O)N[C@H](c2ccc3c(c2)OCCO3)C(C)C)CC1. The van der Waals surface area contributed by atoms with E-state index in [1.165, 1.54) is 0 Å². The summed E-state index contributed by atoms with van der Waals surface area (Å²) in [6.07, 6.45) is 1.48. The Morgan fingerprint density at radius 2 is 1.86 bits per heavy atom. The molecular weight excluding hydrogens is 372 g/mol. The van der Waals surface area contributed by atoms with Crippen molar-refractivity contribution in [2.75, 3.05) is 39.5 Å². The second-order valence-electron chi connectivity index (χ2n) is 7.99. The fraction of sp³-hybridized carbons (Fsp3) is 0.636. The number of likely N-dealkylation sites (tertiary alicyclic amines) is 1. The highest BCUT2D eigenvalue weighted by Gasteiger charge is 2.28. The Morgan fingerprint density at radius 1 is 1.17 bits per heavy atom. The fourth-order valence-electron chi connectivity index (χ4n) is 3.90. The van der Waals surface area contributed by atoms with Gasteiger partial charge >= 0.3 is 5.97 Å². The zero-order valence-corrected chi connectivity index (χ0v) is 17.6. The molecule has 0 bridgehead atoms. The summed E-state index contributed by atoms with van der Waals surface area (Å²) in [5.74, 6) is 1.54. The average Bonchev–Trinajstić information content (AvgIpc) is 2.72. The van der Waals surface area contributed by atoms with E-state index in [0.717, 1.165) is 43.0 Å². The van der Waals surface area contributed by atoms with E-state index >= 15 is 0 Å². The minimum atomic E-state index is -0.116. The molecule has 29 heavy (non-hydrogen) atoms. The Hall–Kier alpha value is -2.28. The van der Waals surface area contributed by atoms with Crippen molar-refractivity contribution >= 4 is 11.9 Å². The fourth-order valence-corrected chi connectivity index (χ4v) is 3.90. The molecule has 3 rings (SSSR count). The molecule has 1 aromatic carbocycles. The molecule has 1 fully saturated rings. The van der Waals surface area contributed by atoms with Gasteiger partial charge in [0.05, 0.1) is 25.1 Å². The molecule has 1 saturated heterocycles. The molecule has 1 N–H and O–H groups in total. The van der Waals surface area contributed by atoms with Crippen LogP contribution >= 0.6 is 0 Å². The molecule has 0 unspecified atom stereocenters. The largest absolute Gasteiger partial charge is 0.486 e. The lowest BCUT2D eigenvalue weighted by Crippen LogP contribution is -2.44. The molecule has 0 aromatic heterocycles. The Balaban J connectivity index is 1.55. The van der Waals surface area contributed by atoms with E-state index in [4.69, 9.17) is 14.2 Å². The van der Waals surface area contributed by atoms with Gasteiger partial charge in [-0.25, -0.2) is 0 Å². The molecule has 1 aromatic rings. The van der Waals surface area contributed by atoms with Crippen molar-refractivity contribution in [1.29, 1.82) is 0 Å². The lowest BCUT2D eigenvalue weighted by atomic mass is 9.95. The number of hydrogen-bond acceptors (Lipinski definition) is 6. The summed E-state index contributed by atoms with van der Waals surface area (Å²) in [5, 5.41) is 3.17. The number of fused-ring (bicyclic) bond motifs is 1. The molecule has 7 heteroatoms. The van der Waals surface area contributed by atoms with Gasteiger partial charge in [0.1, 0.15) is 13.2 Å². The van der Waals surface area contributed by atoms with Crippen molar-refractivity contribution < 1.29 is 23.8 Å². The smallest absolute Gasteiger partial charge is 0.309 e. The first-order chi connectivity index (χ1) is 14.0. The Kier molecular flexibility index (Phi) is 7.36. The number of nitrogens with zero attached hydrogens (tertiary/aromatic N) is 1. The summed E-state index contributed by atoms with van der Waals surface area (Å²) in [6.45, 7) is 9.31. The third-order valence-electron chi connectivity index (χ3n) is 5.48. The number of ether oxygens (including phenoxy) is 3. The normalized spacial score (nSPS) is 18.3. The number of hydrogen-bond donors (Lipinski definition) is 1. The van der Waals surface area contributed by atoms with Crippen LogP contribution in [0.5, 0.6) is 11.5 Å².